The molecule has 3 N–H and O–H groups in total. The van der Waals surface area contributed by atoms with Gasteiger partial charge < -0.3 is 20.1 Å². The number of amides is 1. The van der Waals surface area contributed by atoms with Gasteiger partial charge in [0.1, 0.15) is 23.0 Å². The summed E-state index contributed by atoms with van der Waals surface area (Å²) >= 11 is 0. The maximum atomic E-state index is 13.1. The largest absolute Gasteiger partial charge is 0.508 e. The van der Waals surface area contributed by atoms with E-state index in [1.165, 1.54) is 24.3 Å². The molecule has 0 bridgehead atoms. The number of phenolic OH excluding ortho intramolecular Hbond substituents is 2. The molecular formula is C26H23NO6. The first-order valence-electron chi connectivity index (χ1n) is 10.4. The second-order valence-corrected chi connectivity index (χ2v) is 7.94. The minimum absolute atomic E-state index is 0.0286. The van der Waals surface area contributed by atoms with Crippen molar-refractivity contribution < 1.29 is 29.6 Å². The molecule has 0 aliphatic carbocycles. The summed E-state index contributed by atoms with van der Waals surface area (Å²) in [5.41, 5.74) is 0.698. The van der Waals surface area contributed by atoms with Crippen molar-refractivity contribution in [1.29, 1.82) is 0 Å². The van der Waals surface area contributed by atoms with Gasteiger partial charge >= 0.3 is 0 Å². The van der Waals surface area contributed by atoms with Crippen molar-refractivity contribution in [2.45, 2.75) is 26.0 Å². The lowest BCUT2D eigenvalue weighted by molar-refractivity contribution is -0.132. The molecule has 0 radical (unpaired) electrons. The lowest BCUT2D eigenvalue weighted by Crippen LogP contribution is -2.29. The molecule has 1 atom stereocenters. The van der Waals surface area contributed by atoms with Crippen LogP contribution >= 0.6 is 0 Å². The number of aliphatic hydroxyl groups excluding tert-OH is 1. The molecule has 1 aliphatic rings. The number of hydrogen-bond acceptors (Lipinski definition) is 6. The lowest BCUT2D eigenvalue weighted by atomic mass is 9.95. The average molecular weight is 445 g/mol. The predicted molar refractivity (Wildman–Crippen MR) is 123 cm³/mol. The van der Waals surface area contributed by atoms with Crippen LogP contribution in [0.5, 0.6) is 17.2 Å². The van der Waals surface area contributed by atoms with Gasteiger partial charge in [-0.2, -0.15) is 0 Å². The summed E-state index contributed by atoms with van der Waals surface area (Å²) in [5, 5.41) is 31.6. The van der Waals surface area contributed by atoms with E-state index in [0.717, 1.165) is 4.90 Å². The Kier molecular flexibility index (Phi) is 5.79. The van der Waals surface area contributed by atoms with Crippen LogP contribution in [0.3, 0.4) is 0 Å². The first-order valence-corrected chi connectivity index (χ1v) is 10.4. The molecule has 33 heavy (non-hydrogen) atoms. The van der Waals surface area contributed by atoms with E-state index in [-0.39, 0.29) is 34.6 Å². The zero-order chi connectivity index (χ0) is 23.7. The van der Waals surface area contributed by atoms with Gasteiger partial charge in [0.05, 0.1) is 23.4 Å². The maximum absolute atomic E-state index is 13.1. The summed E-state index contributed by atoms with van der Waals surface area (Å²) in [6, 6.07) is 17.7. The van der Waals surface area contributed by atoms with Crippen LogP contribution in [0.2, 0.25) is 0 Å². The number of para-hydroxylation sites is 2. The Hall–Kier alpha value is -4.26. The van der Waals surface area contributed by atoms with Crippen molar-refractivity contribution in [2.24, 2.45) is 0 Å². The van der Waals surface area contributed by atoms with E-state index in [4.69, 9.17) is 4.74 Å². The van der Waals surface area contributed by atoms with Crippen molar-refractivity contribution in [3.63, 3.8) is 0 Å². The van der Waals surface area contributed by atoms with Crippen LogP contribution in [-0.4, -0.2) is 33.1 Å². The van der Waals surface area contributed by atoms with Gasteiger partial charge in [-0.25, -0.2) is 0 Å². The molecule has 7 heteroatoms. The predicted octanol–water partition coefficient (Wildman–Crippen LogP) is 4.51. The zero-order valence-corrected chi connectivity index (χ0v) is 18.1. The summed E-state index contributed by atoms with van der Waals surface area (Å²) in [7, 11) is 0. The number of Topliss-reactive ketones (excluding diaryl/α,β-unsaturated/α-hetero) is 1. The Balaban J connectivity index is 1.89. The van der Waals surface area contributed by atoms with Gasteiger partial charge in [-0.3, -0.25) is 14.5 Å². The minimum Gasteiger partial charge on any atom is -0.508 e. The molecule has 0 aromatic heterocycles. The number of aromatic hydroxyl groups is 2. The van der Waals surface area contributed by atoms with Crippen molar-refractivity contribution in [3.8, 4) is 17.2 Å². The van der Waals surface area contributed by atoms with E-state index in [1.54, 1.807) is 48.5 Å². The first kappa shape index (κ1) is 22.0. The van der Waals surface area contributed by atoms with Crippen LogP contribution in [0.1, 0.15) is 31.0 Å². The second kappa shape index (κ2) is 8.70. The smallest absolute Gasteiger partial charge is 0.300 e. The maximum Gasteiger partial charge on any atom is 0.300 e. The zero-order valence-electron chi connectivity index (χ0n) is 18.1. The molecule has 1 unspecified atom stereocenters. The SMILES string of the molecule is CC(C)Oc1ccc(/C(O)=C2/C(=O)C(=O)N(c3ccccc3O)C2c2cccc(O)c2)cc1. The van der Waals surface area contributed by atoms with Crippen molar-refractivity contribution in [2.75, 3.05) is 4.90 Å². The fourth-order valence-corrected chi connectivity index (χ4v) is 3.88. The van der Waals surface area contributed by atoms with Crippen LogP contribution in [0.4, 0.5) is 5.69 Å². The molecule has 1 saturated heterocycles. The van der Waals surface area contributed by atoms with Crippen molar-refractivity contribution in [3.05, 3.63) is 89.5 Å². The molecule has 168 valence electrons. The number of ketones is 1. The molecule has 3 aromatic carbocycles. The number of rotatable bonds is 5. The highest BCUT2D eigenvalue weighted by atomic mass is 16.5. The van der Waals surface area contributed by atoms with Gasteiger partial charge in [0.15, 0.2) is 0 Å². The Labute approximate surface area is 190 Å². The standard InChI is InChI=1S/C26H23NO6/c1-15(2)33-19-12-10-16(11-13-19)24(30)22-23(17-6-5-7-18(28)14-17)27(26(32)25(22)31)20-8-3-4-9-21(20)29/h3-15,23,28-30H,1-2H3/b24-22-. The lowest BCUT2D eigenvalue weighted by Gasteiger charge is -2.26. The fourth-order valence-electron chi connectivity index (χ4n) is 3.88. The van der Waals surface area contributed by atoms with Crippen LogP contribution in [0.15, 0.2) is 78.4 Å². The molecule has 1 heterocycles. The van der Waals surface area contributed by atoms with E-state index in [1.807, 2.05) is 13.8 Å². The highest BCUT2D eigenvalue weighted by molar-refractivity contribution is 6.51. The Morgan fingerprint density at radius 3 is 2.27 bits per heavy atom. The average Bonchev–Trinajstić information content (AvgIpc) is 3.04. The van der Waals surface area contributed by atoms with Crippen LogP contribution in [0, 0.1) is 0 Å². The molecule has 7 nitrogen and oxygen atoms in total. The second-order valence-electron chi connectivity index (χ2n) is 7.94. The quantitative estimate of drug-likeness (QED) is 0.303. The number of hydrogen-bond donors (Lipinski definition) is 3. The van der Waals surface area contributed by atoms with Crippen molar-refractivity contribution in [1.82, 2.24) is 0 Å². The minimum atomic E-state index is -1.06. The molecular weight excluding hydrogens is 422 g/mol. The third-order valence-corrected chi connectivity index (χ3v) is 5.27. The Morgan fingerprint density at radius 1 is 0.939 bits per heavy atom. The Morgan fingerprint density at radius 2 is 1.64 bits per heavy atom. The number of aliphatic hydroxyl groups is 1. The van der Waals surface area contributed by atoms with Gasteiger partial charge in [-0.15, -0.1) is 0 Å². The number of phenols is 2. The number of carbonyl (C=O) groups excluding carboxylic acids is 2. The monoisotopic (exact) mass is 445 g/mol. The van der Waals surface area contributed by atoms with Crippen LogP contribution in [0.25, 0.3) is 5.76 Å². The van der Waals surface area contributed by atoms with E-state index in [9.17, 15) is 24.9 Å². The number of carbonyl (C=O) groups is 2. The fraction of sp³-hybridized carbons (Fsp3) is 0.154. The van der Waals surface area contributed by atoms with Crippen LogP contribution in [-0.2, 0) is 9.59 Å². The summed E-state index contributed by atoms with van der Waals surface area (Å²) in [6.45, 7) is 3.78. The highest BCUT2D eigenvalue weighted by Crippen LogP contribution is 2.45. The topological polar surface area (TPSA) is 107 Å². The summed E-state index contributed by atoms with van der Waals surface area (Å²) < 4.78 is 5.62. The molecule has 3 aromatic rings. The summed E-state index contributed by atoms with van der Waals surface area (Å²) in [6.07, 6.45) is -0.0286. The first-order chi connectivity index (χ1) is 15.8. The highest BCUT2D eigenvalue weighted by Gasteiger charge is 2.47. The summed E-state index contributed by atoms with van der Waals surface area (Å²) in [4.78, 5) is 27.3. The van der Waals surface area contributed by atoms with Gasteiger partial charge in [-0.05, 0) is 67.9 Å². The molecule has 4 rings (SSSR count). The molecule has 1 amide bonds. The molecule has 0 saturated carbocycles. The van der Waals surface area contributed by atoms with Gasteiger partial charge in [0.2, 0.25) is 0 Å². The Bertz CT molecular complexity index is 1250. The molecule has 1 fully saturated rings. The van der Waals surface area contributed by atoms with Gasteiger partial charge in [0.25, 0.3) is 11.7 Å². The van der Waals surface area contributed by atoms with Gasteiger partial charge in [0, 0.05) is 5.56 Å². The van der Waals surface area contributed by atoms with Crippen molar-refractivity contribution >= 4 is 23.1 Å². The molecule has 1 aliphatic heterocycles. The number of nitrogens with zero attached hydrogens (tertiary/aromatic N) is 1. The number of benzene rings is 3. The number of anilines is 1. The third-order valence-electron chi connectivity index (χ3n) is 5.27. The van der Waals surface area contributed by atoms with E-state index in [0.29, 0.717) is 16.9 Å². The normalized spacial score (nSPS) is 17.5. The van der Waals surface area contributed by atoms with E-state index in [2.05, 4.69) is 0 Å². The third kappa shape index (κ3) is 4.13. The number of ether oxygens (including phenoxy) is 1. The summed E-state index contributed by atoms with van der Waals surface area (Å²) in [5.74, 6) is -1.82. The molecule has 0 spiro atoms. The van der Waals surface area contributed by atoms with Gasteiger partial charge in [-0.1, -0.05) is 24.3 Å². The van der Waals surface area contributed by atoms with E-state index >= 15 is 0 Å². The van der Waals surface area contributed by atoms with Crippen LogP contribution < -0.4 is 9.64 Å². The van der Waals surface area contributed by atoms with E-state index < -0.39 is 17.7 Å².